The summed E-state index contributed by atoms with van der Waals surface area (Å²) in [7, 11) is 2.03. The van der Waals surface area contributed by atoms with Crippen molar-refractivity contribution < 1.29 is 5.11 Å². The van der Waals surface area contributed by atoms with E-state index in [0.717, 1.165) is 24.4 Å². The summed E-state index contributed by atoms with van der Waals surface area (Å²) in [5.74, 6) is 0. The number of hydrogen-bond donors (Lipinski definition) is 1. The predicted octanol–water partition coefficient (Wildman–Crippen LogP) is 1.88. The van der Waals surface area contributed by atoms with Gasteiger partial charge in [0.15, 0.2) is 5.13 Å². The summed E-state index contributed by atoms with van der Waals surface area (Å²) in [4.78, 5) is 6.38. The lowest BCUT2D eigenvalue weighted by molar-refractivity contribution is 0.106. The second kappa shape index (κ2) is 4.28. The molecule has 0 bridgehead atoms. The molecule has 78 valence electrons. The van der Waals surface area contributed by atoms with E-state index in [1.165, 1.54) is 6.42 Å². The molecule has 3 nitrogen and oxygen atoms in total. The molecule has 2 atom stereocenters. The van der Waals surface area contributed by atoms with Crippen LogP contribution in [0.1, 0.15) is 25.7 Å². The quantitative estimate of drug-likeness (QED) is 0.813. The molecule has 4 heteroatoms. The first-order valence-electron chi connectivity index (χ1n) is 5.09. The third-order valence-corrected chi connectivity index (χ3v) is 3.77. The lowest BCUT2D eigenvalue weighted by Gasteiger charge is -2.34. The van der Waals surface area contributed by atoms with Gasteiger partial charge in [-0.2, -0.15) is 0 Å². The van der Waals surface area contributed by atoms with E-state index in [2.05, 4.69) is 9.88 Å². The van der Waals surface area contributed by atoms with Crippen LogP contribution in [0.3, 0.4) is 0 Å². The molecule has 1 aliphatic rings. The molecule has 2 unspecified atom stereocenters. The van der Waals surface area contributed by atoms with Crippen molar-refractivity contribution >= 4 is 16.5 Å². The highest BCUT2D eigenvalue weighted by Gasteiger charge is 2.27. The number of hydrogen-bond acceptors (Lipinski definition) is 4. The van der Waals surface area contributed by atoms with Crippen LogP contribution >= 0.6 is 11.3 Å². The highest BCUT2D eigenvalue weighted by molar-refractivity contribution is 7.13. The Bertz CT molecular complexity index is 276. The Morgan fingerprint density at radius 1 is 1.50 bits per heavy atom. The molecule has 1 heterocycles. The molecule has 1 aromatic rings. The van der Waals surface area contributed by atoms with Crippen molar-refractivity contribution in [3.8, 4) is 0 Å². The van der Waals surface area contributed by atoms with E-state index >= 15 is 0 Å². The summed E-state index contributed by atoms with van der Waals surface area (Å²) in [6, 6.07) is 0.259. The highest BCUT2D eigenvalue weighted by Crippen LogP contribution is 2.27. The largest absolute Gasteiger partial charge is 0.391 e. The van der Waals surface area contributed by atoms with Crippen LogP contribution in [0, 0.1) is 0 Å². The Labute approximate surface area is 88.4 Å². The monoisotopic (exact) mass is 212 g/mol. The van der Waals surface area contributed by atoms with Crippen LogP contribution in [-0.2, 0) is 0 Å². The molecule has 0 radical (unpaired) electrons. The average Bonchev–Trinajstić information content (AvgIpc) is 2.70. The van der Waals surface area contributed by atoms with E-state index in [9.17, 15) is 5.11 Å². The van der Waals surface area contributed by atoms with Gasteiger partial charge < -0.3 is 10.0 Å². The first kappa shape index (κ1) is 9.93. The number of aliphatic hydroxyl groups is 1. The van der Waals surface area contributed by atoms with Gasteiger partial charge in [0.1, 0.15) is 0 Å². The molecule has 1 aromatic heterocycles. The van der Waals surface area contributed by atoms with Crippen molar-refractivity contribution in [2.75, 3.05) is 11.9 Å². The highest BCUT2D eigenvalue weighted by atomic mass is 32.1. The normalized spacial score (nSPS) is 27.6. The Balaban J connectivity index is 2.06. The molecule has 2 rings (SSSR count). The van der Waals surface area contributed by atoms with Crippen LogP contribution < -0.4 is 4.90 Å². The van der Waals surface area contributed by atoms with Gasteiger partial charge in [-0.15, -0.1) is 11.3 Å². The molecule has 0 amide bonds. The molecule has 0 aromatic carbocycles. The fourth-order valence-corrected chi connectivity index (χ4v) is 2.74. The van der Waals surface area contributed by atoms with E-state index in [4.69, 9.17) is 0 Å². The standard InChI is InChI=1S/C10H16N2OS/c1-12(10-11-6-7-14-10)8-4-2-3-5-9(8)13/h6-9,13H,2-5H2,1H3. The van der Waals surface area contributed by atoms with Crippen molar-refractivity contribution in [1.82, 2.24) is 4.98 Å². The molecular formula is C10H16N2OS. The third-order valence-electron chi connectivity index (χ3n) is 2.91. The summed E-state index contributed by atoms with van der Waals surface area (Å²) >= 11 is 1.63. The fraction of sp³-hybridized carbons (Fsp3) is 0.700. The van der Waals surface area contributed by atoms with Gasteiger partial charge in [-0.05, 0) is 12.8 Å². The van der Waals surface area contributed by atoms with Gasteiger partial charge in [0, 0.05) is 18.6 Å². The molecule has 1 saturated carbocycles. The fourth-order valence-electron chi connectivity index (χ4n) is 2.08. The van der Waals surface area contributed by atoms with E-state index in [0.29, 0.717) is 0 Å². The van der Waals surface area contributed by atoms with Crippen molar-refractivity contribution in [1.29, 1.82) is 0 Å². The Morgan fingerprint density at radius 2 is 2.29 bits per heavy atom. The van der Waals surface area contributed by atoms with Gasteiger partial charge in [-0.3, -0.25) is 0 Å². The van der Waals surface area contributed by atoms with Crippen molar-refractivity contribution in [3.05, 3.63) is 11.6 Å². The minimum Gasteiger partial charge on any atom is -0.391 e. The van der Waals surface area contributed by atoms with Gasteiger partial charge >= 0.3 is 0 Å². The summed E-state index contributed by atoms with van der Waals surface area (Å²) in [6.07, 6.45) is 6.02. The van der Waals surface area contributed by atoms with Crippen molar-refractivity contribution in [3.63, 3.8) is 0 Å². The zero-order valence-corrected chi connectivity index (χ0v) is 9.20. The minimum absolute atomic E-state index is 0.183. The zero-order chi connectivity index (χ0) is 9.97. The Morgan fingerprint density at radius 3 is 2.93 bits per heavy atom. The number of anilines is 1. The number of aliphatic hydroxyl groups excluding tert-OH is 1. The van der Waals surface area contributed by atoms with Gasteiger partial charge in [-0.1, -0.05) is 12.8 Å². The minimum atomic E-state index is -0.183. The number of thiazole rings is 1. The molecule has 0 saturated heterocycles. The van der Waals surface area contributed by atoms with Crippen molar-refractivity contribution in [2.24, 2.45) is 0 Å². The lowest BCUT2D eigenvalue weighted by Crippen LogP contribution is -2.43. The molecule has 0 aliphatic heterocycles. The maximum Gasteiger partial charge on any atom is 0.185 e. The molecule has 0 spiro atoms. The number of aromatic nitrogens is 1. The first-order chi connectivity index (χ1) is 6.79. The van der Waals surface area contributed by atoms with Crippen LogP contribution in [0.4, 0.5) is 5.13 Å². The van der Waals surface area contributed by atoms with E-state index in [-0.39, 0.29) is 12.1 Å². The average molecular weight is 212 g/mol. The maximum atomic E-state index is 9.87. The van der Waals surface area contributed by atoms with Crippen molar-refractivity contribution in [2.45, 2.75) is 37.8 Å². The zero-order valence-electron chi connectivity index (χ0n) is 8.39. The second-order valence-corrected chi connectivity index (χ2v) is 4.72. The number of nitrogens with zero attached hydrogens (tertiary/aromatic N) is 2. The summed E-state index contributed by atoms with van der Waals surface area (Å²) in [5.41, 5.74) is 0. The molecular weight excluding hydrogens is 196 g/mol. The van der Waals surface area contributed by atoms with Crippen LogP contribution in [0.2, 0.25) is 0 Å². The molecule has 1 aliphatic carbocycles. The third kappa shape index (κ3) is 1.91. The van der Waals surface area contributed by atoms with Gasteiger partial charge in [-0.25, -0.2) is 4.98 Å². The van der Waals surface area contributed by atoms with Crippen LogP contribution in [-0.4, -0.2) is 29.3 Å². The van der Waals surface area contributed by atoms with Crippen LogP contribution in [0.5, 0.6) is 0 Å². The molecule has 1 fully saturated rings. The van der Waals surface area contributed by atoms with E-state index < -0.39 is 0 Å². The number of likely N-dealkylation sites (N-methyl/N-ethyl adjacent to an activating group) is 1. The molecule has 1 N–H and O–H groups in total. The second-order valence-electron chi connectivity index (χ2n) is 3.84. The smallest absolute Gasteiger partial charge is 0.185 e. The molecule has 14 heavy (non-hydrogen) atoms. The summed E-state index contributed by atoms with van der Waals surface area (Å²) in [6.45, 7) is 0. The Hall–Kier alpha value is -0.610. The van der Waals surface area contributed by atoms with E-state index in [1.54, 1.807) is 11.3 Å². The predicted molar refractivity (Wildman–Crippen MR) is 58.8 cm³/mol. The first-order valence-corrected chi connectivity index (χ1v) is 5.97. The van der Waals surface area contributed by atoms with E-state index in [1.807, 2.05) is 18.6 Å². The topological polar surface area (TPSA) is 36.4 Å². The van der Waals surface area contributed by atoms with Gasteiger partial charge in [0.2, 0.25) is 0 Å². The lowest BCUT2D eigenvalue weighted by atomic mass is 9.92. The van der Waals surface area contributed by atoms with Gasteiger partial charge in [0.05, 0.1) is 12.1 Å². The number of rotatable bonds is 2. The Kier molecular flexibility index (Phi) is 3.03. The van der Waals surface area contributed by atoms with Gasteiger partial charge in [0.25, 0.3) is 0 Å². The summed E-state index contributed by atoms with van der Waals surface area (Å²) in [5, 5.41) is 12.9. The summed E-state index contributed by atoms with van der Waals surface area (Å²) < 4.78 is 0. The maximum absolute atomic E-state index is 9.87. The van der Waals surface area contributed by atoms with Crippen LogP contribution in [0.15, 0.2) is 11.6 Å². The van der Waals surface area contributed by atoms with Crippen LogP contribution in [0.25, 0.3) is 0 Å². The SMILES string of the molecule is CN(c1nccs1)C1CCCCC1O.